The van der Waals surface area contributed by atoms with Crippen molar-refractivity contribution in [1.82, 2.24) is 19.5 Å². The predicted octanol–water partition coefficient (Wildman–Crippen LogP) is 18.1. The summed E-state index contributed by atoms with van der Waals surface area (Å²) in [5.41, 5.74) is 11.2. The van der Waals surface area contributed by atoms with Crippen LogP contribution in [0.3, 0.4) is 0 Å². The molecule has 0 aliphatic heterocycles. The number of hydrogen-bond acceptors (Lipinski definition) is 6. The Balaban J connectivity index is 1.00. The Hall–Kier alpha value is -9.43. The molecule has 0 atom stereocenters. The third-order valence-electron chi connectivity index (χ3n) is 14.6. The number of nitrogens with zero attached hydrogens (tertiary/aromatic N) is 4. The van der Waals surface area contributed by atoms with Crippen LogP contribution in [0.1, 0.15) is 0 Å². The largest absolute Gasteiger partial charge is 0.456 e. The van der Waals surface area contributed by atoms with Crippen molar-refractivity contribution in [3.05, 3.63) is 218 Å². The molecule has 0 aliphatic rings. The molecule has 0 saturated heterocycles. The van der Waals surface area contributed by atoms with Crippen molar-refractivity contribution in [2.24, 2.45) is 0 Å². The number of benzene rings is 11. The summed E-state index contributed by atoms with van der Waals surface area (Å²) in [6, 6.07) is 77.7. The van der Waals surface area contributed by atoms with Crippen LogP contribution in [-0.2, 0) is 0 Å². The second-order valence-corrected chi connectivity index (χ2v) is 19.8. The summed E-state index contributed by atoms with van der Waals surface area (Å²) in [4.78, 5) is 16.3. The first kappa shape index (κ1) is 39.4. The van der Waals surface area contributed by atoms with Crippen molar-refractivity contribution in [3.63, 3.8) is 0 Å². The van der Waals surface area contributed by atoms with E-state index in [1.54, 1.807) is 0 Å². The Kier molecular flexibility index (Phi) is 8.23. The van der Waals surface area contributed by atoms with E-state index in [0.29, 0.717) is 17.5 Å². The summed E-state index contributed by atoms with van der Waals surface area (Å²) in [5.74, 6) is 1.66. The van der Waals surface area contributed by atoms with E-state index in [4.69, 9.17) is 23.8 Å². The highest BCUT2D eigenvalue weighted by molar-refractivity contribution is 7.25. The zero-order valence-corrected chi connectivity index (χ0v) is 39.1. The van der Waals surface area contributed by atoms with Crippen LogP contribution in [0.15, 0.2) is 227 Å². The number of furan rings is 2. The van der Waals surface area contributed by atoms with Gasteiger partial charge in [-0.25, -0.2) is 15.0 Å². The molecule has 0 unspecified atom stereocenters. The Morgan fingerprint density at radius 3 is 1.42 bits per heavy atom. The van der Waals surface area contributed by atoms with Gasteiger partial charge in [0.15, 0.2) is 17.5 Å². The van der Waals surface area contributed by atoms with Crippen LogP contribution in [0.5, 0.6) is 0 Å². The lowest BCUT2D eigenvalue weighted by Crippen LogP contribution is -2.02. The molecule has 0 bridgehead atoms. The maximum atomic E-state index is 6.43. The Bertz CT molecular complexity index is 4730. The van der Waals surface area contributed by atoms with Crippen molar-refractivity contribution >= 4 is 119 Å². The van der Waals surface area contributed by atoms with Crippen molar-refractivity contribution in [3.8, 4) is 51.0 Å². The fourth-order valence-corrected chi connectivity index (χ4v) is 12.4. The standard InChI is InChI=1S/C65H36N4O2S/c1-3-15-39-35-53-49(31-37(39)13-1)50-32-38-14-2-4-16-40(38)36-54(50)69(53)52-29-27-42(34-48(52)41-28-30-60-51(33-41)43-17-7-10-26-59(43)72-60)63-66-64(46-20-11-24-57-61(46)44-18-5-8-22-55(44)70-57)68-65(67-63)47-21-12-25-58-62(47)45-19-6-9-23-56(45)71-58/h1-36H. The molecule has 334 valence electrons. The lowest BCUT2D eigenvalue weighted by molar-refractivity contribution is 0.668. The number of aromatic nitrogens is 4. The number of thiophene rings is 1. The molecule has 0 aliphatic carbocycles. The van der Waals surface area contributed by atoms with Gasteiger partial charge in [0.05, 0.1) is 16.7 Å². The predicted molar refractivity (Wildman–Crippen MR) is 298 cm³/mol. The summed E-state index contributed by atoms with van der Waals surface area (Å²) >= 11 is 1.83. The minimum atomic E-state index is 0.551. The number of para-hydroxylation sites is 2. The molecule has 6 nitrogen and oxygen atoms in total. The maximum Gasteiger partial charge on any atom is 0.164 e. The van der Waals surface area contributed by atoms with E-state index in [1.165, 1.54) is 52.5 Å². The van der Waals surface area contributed by atoms with Gasteiger partial charge in [-0.05, 0) is 112 Å². The smallest absolute Gasteiger partial charge is 0.164 e. The van der Waals surface area contributed by atoms with Gasteiger partial charge < -0.3 is 13.4 Å². The van der Waals surface area contributed by atoms with Gasteiger partial charge in [0.1, 0.15) is 22.3 Å². The first-order chi connectivity index (χ1) is 35.6. The first-order valence-electron chi connectivity index (χ1n) is 24.1. The van der Waals surface area contributed by atoms with Crippen LogP contribution < -0.4 is 0 Å². The second-order valence-electron chi connectivity index (χ2n) is 18.7. The van der Waals surface area contributed by atoms with Crippen molar-refractivity contribution < 1.29 is 8.83 Å². The van der Waals surface area contributed by atoms with E-state index in [1.807, 2.05) is 72.0 Å². The second kappa shape index (κ2) is 15.0. The molecule has 0 radical (unpaired) electrons. The average molecular weight is 937 g/mol. The minimum absolute atomic E-state index is 0.551. The minimum Gasteiger partial charge on any atom is -0.456 e. The van der Waals surface area contributed by atoms with E-state index in [0.717, 1.165) is 88.4 Å². The van der Waals surface area contributed by atoms with Crippen LogP contribution in [0.4, 0.5) is 0 Å². The first-order valence-corrected chi connectivity index (χ1v) is 25.0. The van der Waals surface area contributed by atoms with E-state index in [9.17, 15) is 0 Å². The van der Waals surface area contributed by atoms with Crippen molar-refractivity contribution in [1.29, 1.82) is 0 Å². The molecule has 0 amide bonds. The van der Waals surface area contributed by atoms with Gasteiger partial charge in [-0.2, -0.15) is 0 Å². The molecule has 16 rings (SSSR count). The van der Waals surface area contributed by atoms with Gasteiger partial charge in [0.25, 0.3) is 0 Å². The zero-order chi connectivity index (χ0) is 47.0. The molecule has 7 heteroatoms. The highest BCUT2D eigenvalue weighted by Gasteiger charge is 2.23. The van der Waals surface area contributed by atoms with Crippen molar-refractivity contribution in [2.45, 2.75) is 0 Å². The van der Waals surface area contributed by atoms with Gasteiger partial charge in [0, 0.05) is 74.7 Å². The maximum absolute atomic E-state index is 6.43. The van der Waals surface area contributed by atoms with Gasteiger partial charge in [-0.3, -0.25) is 0 Å². The van der Waals surface area contributed by atoms with Crippen LogP contribution in [0, 0.1) is 0 Å². The van der Waals surface area contributed by atoms with Crippen LogP contribution in [0.25, 0.3) is 158 Å². The lowest BCUT2D eigenvalue weighted by atomic mass is 9.98. The monoisotopic (exact) mass is 936 g/mol. The summed E-state index contributed by atoms with van der Waals surface area (Å²) in [7, 11) is 0. The van der Waals surface area contributed by atoms with Gasteiger partial charge in [0.2, 0.25) is 0 Å². The zero-order valence-electron chi connectivity index (χ0n) is 38.3. The van der Waals surface area contributed by atoms with Gasteiger partial charge in [-0.1, -0.05) is 133 Å². The average Bonchev–Trinajstić information content (AvgIpc) is 4.20. The molecular weight excluding hydrogens is 901 g/mol. The third kappa shape index (κ3) is 5.86. The molecule has 0 N–H and O–H groups in total. The molecular formula is C65H36N4O2S. The van der Waals surface area contributed by atoms with Crippen molar-refractivity contribution in [2.75, 3.05) is 0 Å². The summed E-state index contributed by atoms with van der Waals surface area (Å²) in [5, 5.41) is 13.6. The SMILES string of the molecule is c1ccc2cc3c(cc2c1)c1cc2ccccc2cc1n3-c1ccc(-c2nc(-c3cccc4oc5ccccc5c34)nc(-c3cccc4oc5ccccc5c34)n2)cc1-c1ccc2sc3ccccc3c2c1. The number of fused-ring (bicyclic) bond motifs is 14. The quantitative estimate of drug-likeness (QED) is 0.172. The third-order valence-corrected chi connectivity index (χ3v) is 15.8. The molecule has 16 aromatic rings. The Labute approximate surface area is 414 Å². The molecule has 11 aromatic carbocycles. The lowest BCUT2D eigenvalue weighted by Gasteiger charge is -2.17. The highest BCUT2D eigenvalue weighted by Crippen LogP contribution is 2.44. The fourth-order valence-electron chi connectivity index (χ4n) is 11.3. The highest BCUT2D eigenvalue weighted by atomic mass is 32.1. The number of rotatable bonds is 5. The summed E-state index contributed by atoms with van der Waals surface area (Å²) in [6.07, 6.45) is 0. The summed E-state index contributed by atoms with van der Waals surface area (Å²) in [6.45, 7) is 0. The molecule has 0 saturated carbocycles. The van der Waals surface area contributed by atoms with Gasteiger partial charge >= 0.3 is 0 Å². The molecule has 72 heavy (non-hydrogen) atoms. The van der Waals surface area contributed by atoms with Crippen LogP contribution >= 0.6 is 11.3 Å². The van der Waals surface area contributed by atoms with Crippen LogP contribution in [-0.4, -0.2) is 19.5 Å². The summed E-state index contributed by atoms with van der Waals surface area (Å²) < 4.78 is 17.8. The van der Waals surface area contributed by atoms with E-state index in [2.05, 4.69) is 162 Å². The Morgan fingerprint density at radius 2 is 0.806 bits per heavy atom. The molecule has 0 spiro atoms. The molecule has 0 fully saturated rings. The molecule has 5 aromatic heterocycles. The topological polar surface area (TPSA) is 69.9 Å². The van der Waals surface area contributed by atoms with Crippen LogP contribution in [0.2, 0.25) is 0 Å². The van der Waals surface area contributed by atoms with E-state index in [-0.39, 0.29) is 0 Å². The van der Waals surface area contributed by atoms with Gasteiger partial charge in [-0.15, -0.1) is 11.3 Å². The normalized spacial score (nSPS) is 12.2. The van der Waals surface area contributed by atoms with E-state index < -0.39 is 0 Å². The number of hydrogen-bond donors (Lipinski definition) is 0. The Morgan fingerprint density at radius 1 is 0.319 bits per heavy atom. The fraction of sp³-hybridized carbons (Fsp3) is 0. The van der Waals surface area contributed by atoms with E-state index >= 15 is 0 Å². The molecule has 5 heterocycles.